The van der Waals surface area contributed by atoms with Crippen molar-refractivity contribution in [2.45, 2.75) is 0 Å². The van der Waals surface area contributed by atoms with Crippen LogP contribution in [0.1, 0.15) is 0 Å². The normalized spacial score (nSPS) is 8.56. The van der Waals surface area contributed by atoms with Gasteiger partial charge in [0.1, 0.15) is 13.2 Å². The maximum absolute atomic E-state index is 10.2. The minimum Gasteiger partial charge on any atom is -0.460 e. The van der Waals surface area contributed by atoms with E-state index in [1.165, 1.54) is 0 Å². The Hall–Kier alpha value is -0.540. The number of halogens is 1. The maximum Gasteiger partial charge on any atom is 0.330 e. The molecule has 3 nitrogen and oxygen atoms in total. The second-order valence-electron chi connectivity index (χ2n) is 1.18. The third-order valence-electron chi connectivity index (χ3n) is 0.571. The second kappa shape index (κ2) is 5.59. The van der Waals surface area contributed by atoms with Crippen molar-refractivity contribution in [1.82, 2.24) is 0 Å². The van der Waals surface area contributed by atoms with Crippen LogP contribution in [0.15, 0.2) is 12.7 Å². The van der Waals surface area contributed by atoms with E-state index in [2.05, 4.69) is 15.6 Å². The van der Waals surface area contributed by atoms with Gasteiger partial charge in [-0.25, -0.2) is 4.79 Å². The molecule has 0 saturated heterocycles. The van der Waals surface area contributed by atoms with Crippen LogP contribution in [0.3, 0.4) is 0 Å². The quantitative estimate of drug-likeness (QED) is 0.339. The zero-order valence-corrected chi connectivity index (χ0v) is 5.56. The lowest BCUT2D eigenvalue weighted by atomic mass is 10.6. The molecule has 0 heterocycles. The van der Waals surface area contributed by atoms with Gasteiger partial charge in [0.15, 0.2) is 0 Å². The van der Waals surface area contributed by atoms with Gasteiger partial charge < -0.3 is 4.74 Å². The molecule has 52 valence electrons. The van der Waals surface area contributed by atoms with Crippen molar-refractivity contribution in [2.24, 2.45) is 0 Å². The predicted molar refractivity (Wildman–Crippen MR) is 33.0 cm³/mol. The van der Waals surface area contributed by atoms with Gasteiger partial charge >= 0.3 is 5.97 Å². The number of esters is 1. The smallest absolute Gasteiger partial charge is 0.330 e. The summed E-state index contributed by atoms with van der Waals surface area (Å²) < 4.78 is 8.56. The van der Waals surface area contributed by atoms with Gasteiger partial charge in [-0.15, -0.1) is 0 Å². The van der Waals surface area contributed by atoms with Crippen LogP contribution in [0.2, 0.25) is 0 Å². The Labute approximate surface area is 58.4 Å². The van der Waals surface area contributed by atoms with Crippen molar-refractivity contribution < 1.29 is 13.8 Å². The van der Waals surface area contributed by atoms with E-state index in [-0.39, 0.29) is 13.2 Å². The first-order valence-electron chi connectivity index (χ1n) is 2.34. The topological polar surface area (TPSA) is 35.5 Å². The van der Waals surface area contributed by atoms with E-state index in [1.807, 2.05) is 0 Å². The van der Waals surface area contributed by atoms with E-state index in [1.54, 1.807) is 0 Å². The van der Waals surface area contributed by atoms with Crippen LogP contribution in [0, 0.1) is 0 Å². The Morgan fingerprint density at radius 3 is 2.78 bits per heavy atom. The summed E-state index contributed by atoms with van der Waals surface area (Å²) in [6.45, 7) is 3.55. The molecule has 0 aliphatic carbocycles. The van der Waals surface area contributed by atoms with E-state index in [0.29, 0.717) is 0 Å². The Morgan fingerprint density at radius 2 is 2.33 bits per heavy atom. The molecule has 0 rings (SSSR count). The van der Waals surface area contributed by atoms with E-state index >= 15 is 0 Å². The molecule has 0 N–H and O–H groups in total. The van der Waals surface area contributed by atoms with Gasteiger partial charge in [0.05, 0.1) is 11.9 Å². The zero-order chi connectivity index (χ0) is 7.11. The van der Waals surface area contributed by atoms with Crippen LogP contribution in [0.25, 0.3) is 0 Å². The Balaban J connectivity index is 3.07. The Morgan fingerprint density at radius 1 is 1.67 bits per heavy atom. The molecule has 0 aromatic rings. The zero-order valence-electron chi connectivity index (χ0n) is 4.80. The van der Waals surface area contributed by atoms with E-state index in [0.717, 1.165) is 6.08 Å². The number of ether oxygens (including phenoxy) is 1. The molecule has 0 unspecified atom stereocenters. The highest BCUT2D eigenvalue weighted by molar-refractivity contribution is 6.07. The fourth-order valence-corrected chi connectivity index (χ4v) is 0.296. The fraction of sp³-hybridized carbons (Fsp3) is 0.400. The van der Waals surface area contributed by atoms with Crippen molar-refractivity contribution in [3.8, 4) is 0 Å². The van der Waals surface area contributed by atoms with E-state index in [4.69, 9.17) is 11.9 Å². The van der Waals surface area contributed by atoms with Crippen molar-refractivity contribution >= 4 is 17.8 Å². The van der Waals surface area contributed by atoms with Crippen LogP contribution in [0.5, 0.6) is 0 Å². The first kappa shape index (κ1) is 8.46. The maximum atomic E-state index is 10.2. The molecule has 0 aliphatic heterocycles. The third-order valence-corrected chi connectivity index (χ3v) is 0.726. The molecule has 0 spiro atoms. The van der Waals surface area contributed by atoms with Crippen LogP contribution < -0.4 is 0 Å². The Kier molecular flexibility index (Phi) is 5.26. The fourth-order valence-electron chi connectivity index (χ4n) is 0.233. The molecular formula is C5H7ClO3. The summed E-state index contributed by atoms with van der Waals surface area (Å²) >= 11 is 4.81. The van der Waals surface area contributed by atoms with Gasteiger partial charge in [-0.05, 0) is 0 Å². The highest BCUT2D eigenvalue weighted by Crippen LogP contribution is 1.82. The monoisotopic (exact) mass is 150 g/mol. The van der Waals surface area contributed by atoms with Gasteiger partial charge in [-0.3, -0.25) is 4.29 Å². The molecule has 0 aromatic carbocycles. The van der Waals surface area contributed by atoms with Crippen LogP contribution in [-0.2, 0) is 13.8 Å². The number of carbonyl (C=O) groups excluding carboxylic acids is 1. The SMILES string of the molecule is C=CC(=O)OCCOCl. The third kappa shape index (κ3) is 5.33. The second-order valence-corrected chi connectivity index (χ2v) is 1.40. The number of rotatable bonds is 4. The highest BCUT2D eigenvalue weighted by atomic mass is 35.5. The van der Waals surface area contributed by atoms with Gasteiger partial charge in [-0.1, -0.05) is 6.58 Å². The molecule has 4 heteroatoms. The Bertz CT molecular complexity index is 102. The molecule has 0 fully saturated rings. The molecule has 0 aromatic heterocycles. The summed E-state index contributed by atoms with van der Waals surface area (Å²) in [5.74, 6) is -0.469. The minimum atomic E-state index is -0.469. The molecule has 0 bridgehead atoms. The number of hydrogen-bond donors (Lipinski definition) is 0. The lowest BCUT2D eigenvalue weighted by Gasteiger charge is -1.96. The number of carbonyl (C=O) groups is 1. The number of hydrogen-bond acceptors (Lipinski definition) is 3. The van der Waals surface area contributed by atoms with Crippen molar-refractivity contribution in [2.75, 3.05) is 13.2 Å². The molecule has 0 aliphatic rings. The first-order chi connectivity index (χ1) is 4.31. The molecule has 0 radical (unpaired) electrons. The first-order valence-corrected chi connectivity index (χ1v) is 2.65. The average Bonchev–Trinajstić information content (AvgIpc) is 1.89. The summed E-state index contributed by atoms with van der Waals surface area (Å²) in [6.07, 6.45) is 1.08. The van der Waals surface area contributed by atoms with Crippen molar-refractivity contribution in [1.29, 1.82) is 0 Å². The lowest BCUT2D eigenvalue weighted by Crippen LogP contribution is -2.05. The van der Waals surface area contributed by atoms with Gasteiger partial charge in [0.25, 0.3) is 0 Å². The summed E-state index contributed by atoms with van der Waals surface area (Å²) in [4.78, 5) is 10.2. The molecule has 9 heavy (non-hydrogen) atoms. The molecular weight excluding hydrogens is 144 g/mol. The average molecular weight is 151 g/mol. The predicted octanol–water partition coefficient (Wildman–Crippen LogP) is 0.886. The lowest BCUT2D eigenvalue weighted by molar-refractivity contribution is -0.138. The van der Waals surface area contributed by atoms with E-state index < -0.39 is 5.97 Å². The van der Waals surface area contributed by atoms with Crippen molar-refractivity contribution in [3.63, 3.8) is 0 Å². The summed E-state index contributed by atoms with van der Waals surface area (Å²) in [5, 5.41) is 0. The van der Waals surface area contributed by atoms with Crippen LogP contribution in [-0.4, -0.2) is 19.2 Å². The summed E-state index contributed by atoms with van der Waals surface area (Å²) in [6, 6.07) is 0. The van der Waals surface area contributed by atoms with Gasteiger partial charge in [0, 0.05) is 6.08 Å². The minimum absolute atomic E-state index is 0.161. The molecule has 0 atom stereocenters. The molecule has 0 amide bonds. The summed E-state index contributed by atoms with van der Waals surface area (Å²) in [5.41, 5.74) is 0. The van der Waals surface area contributed by atoms with Gasteiger partial charge in [0.2, 0.25) is 0 Å². The van der Waals surface area contributed by atoms with Crippen LogP contribution >= 0.6 is 11.9 Å². The van der Waals surface area contributed by atoms with E-state index in [9.17, 15) is 4.79 Å². The molecule has 0 saturated carbocycles. The standard InChI is InChI=1S/C5H7ClO3/c1-2-5(7)8-3-4-9-6/h2H,1,3-4H2. The highest BCUT2D eigenvalue weighted by Gasteiger charge is 1.92. The largest absolute Gasteiger partial charge is 0.460 e. The van der Waals surface area contributed by atoms with Gasteiger partial charge in [-0.2, -0.15) is 0 Å². The van der Waals surface area contributed by atoms with Crippen molar-refractivity contribution in [3.05, 3.63) is 12.7 Å². The summed E-state index contributed by atoms with van der Waals surface area (Å²) in [7, 11) is 0. The van der Waals surface area contributed by atoms with Crippen LogP contribution in [0.4, 0.5) is 0 Å².